The molecule has 3 aromatic heterocycles. The molecule has 0 saturated heterocycles. The van der Waals surface area contributed by atoms with E-state index in [1.165, 1.54) is 42.7 Å². The van der Waals surface area contributed by atoms with Gasteiger partial charge < -0.3 is 4.52 Å². The second-order valence-corrected chi connectivity index (χ2v) is 8.17. The molecule has 0 fully saturated rings. The maximum atomic E-state index is 12.8. The normalized spacial score (nSPS) is 12.5. The molecule has 3 heterocycles. The first kappa shape index (κ1) is 20.5. The molecule has 0 aliphatic heterocycles. The third-order valence-corrected chi connectivity index (χ3v) is 5.89. The summed E-state index contributed by atoms with van der Waals surface area (Å²) >= 11 is 0. The third-order valence-electron chi connectivity index (χ3n) is 4.24. The van der Waals surface area contributed by atoms with Crippen LogP contribution in [0.2, 0.25) is 0 Å². The van der Waals surface area contributed by atoms with Crippen LogP contribution < -0.4 is 0 Å². The average Bonchev–Trinajstić information content (AvgIpc) is 3.43. The van der Waals surface area contributed by atoms with Crippen molar-refractivity contribution in [3.63, 3.8) is 0 Å². The van der Waals surface area contributed by atoms with E-state index in [1.807, 2.05) is 12.1 Å². The van der Waals surface area contributed by atoms with Crippen LogP contribution in [0, 0.1) is 0 Å². The summed E-state index contributed by atoms with van der Waals surface area (Å²) in [5.74, 6) is -1.74. The SMILES string of the molecule is O=S(=O)(c1ccc(-c2ccncc2)cc1)n1ccc(C=Cc2noc(C(F)(F)F)n2)c1. The van der Waals surface area contributed by atoms with Crippen molar-refractivity contribution < 1.29 is 26.1 Å². The predicted octanol–water partition coefficient (Wildman–Crippen LogP) is 4.36. The van der Waals surface area contributed by atoms with Crippen molar-refractivity contribution in [2.75, 3.05) is 0 Å². The Balaban J connectivity index is 1.53. The van der Waals surface area contributed by atoms with Gasteiger partial charge in [-0.2, -0.15) is 18.2 Å². The zero-order valence-electron chi connectivity index (χ0n) is 15.6. The first-order chi connectivity index (χ1) is 14.7. The summed E-state index contributed by atoms with van der Waals surface area (Å²) in [5, 5.41) is 3.21. The molecule has 0 saturated carbocycles. The monoisotopic (exact) mass is 446 g/mol. The van der Waals surface area contributed by atoms with Crippen LogP contribution in [0.3, 0.4) is 0 Å². The summed E-state index contributed by atoms with van der Waals surface area (Å²) in [5.41, 5.74) is 2.17. The first-order valence-corrected chi connectivity index (χ1v) is 10.2. The number of benzene rings is 1. The summed E-state index contributed by atoms with van der Waals surface area (Å²) in [6.45, 7) is 0. The number of halogens is 3. The molecule has 31 heavy (non-hydrogen) atoms. The summed E-state index contributed by atoms with van der Waals surface area (Å²) in [6, 6.07) is 11.5. The van der Waals surface area contributed by atoms with Gasteiger partial charge in [0.2, 0.25) is 0 Å². The third kappa shape index (κ3) is 4.40. The van der Waals surface area contributed by atoms with Gasteiger partial charge in [0.25, 0.3) is 10.0 Å². The minimum Gasteiger partial charge on any atom is -0.329 e. The van der Waals surface area contributed by atoms with E-state index in [4.69, 9.17) is 0 Å². The molecule has 0 spiro atoms. The molecule has 158 valence electrons. The molecular weight excluding hydrogens is 433 g/mol. The van der Waals surface area contributed by atoms with Gasteiger partial charge in [-0.25, -0.2) is 12.4 Å². The molecule has 1 aromatic carbocycles. The van der Waals surface area contributed by atoms with Crippen molar-refractivity contribution in [1.29, 1.82) is 0 Å². The standard InChI is InChI=1S/C20H13F3N4O3S/c21-20(22,23)19-25-18(26-30-19)6-1-14-9-12-27(13-14)31(28,29)17-4-2-15(3-5-17)16-7-10-24-11-8-16/h1-13H. The van der Waals surface area contributed by atoms with Crippen LogP contribution in [0.4, 0.5) is 13.2 Å². The summed E-state index contributed by atoms with van der Waals surface area (Å²) < 4.78 is 68.3. The van der Waals surface area contributed by atoms with Gasteiger partial charge in [-0.1, -0.05) is 17.3 Å². The lowest BCUT2D eigenvalue weighted by molar-refractivity contribution is -0.159. The molecule has 0 unspecified atom stereocenters. The Morgan fingerprint density at radius 1 is 0.935 bits per heavy atom. The Bertz CT molecular complexity index is 1330. The summed E-state index contributed by atoms with van der Waals surface area (Å²) in [4.78, 5) is 7.25. The van der Waals surface area contributed by atoms with Crippen molar-refractivity contribution in [3.05, 3.63) is 84.5 Å². The Kier molecular flexibility index (Phi) is 5.19. The van der Waals surface area contributed by atoms with Crippen LogP contribution in [-0.4, -0.2) is 27.5 Å². The molecular formula is C20H13F3N4O3S. The van der Waals surface area contributed by atoms with Crippen molar-refractivity contribution in [1.82, 2.24) is 19.1 Å². The van der Waals surface area contributed by atoms with Gasteiger partial charge >= 0.3 is 12.1 Å². The van der Waals surface area contributed by atoms with E-state index in [2.05, 4.69) is 19.6 Å². The molecule has 4 rings (SSSR count). The molecule has 0 amide bonds. The fourth-order valence-corrected chi connectivity index (χ4v) is 3.92. The van der Waals surface area contributed by atoms with Crippen LogP contribution in [0.25, 0.3) is 23.3 Å². The van der Waals surface area contributed by atoms with Crippen LogP contribution in [0.5, 0.6) is 0 Å². The second-order valence-electron chi connectivity index (χ2n) is 6.33. The zero-order valence-corrected chi connectivity index (χ0v) is 16.4. The minimum absolute atomic E-state index is 0.0874. The Hall–Kier alpha value is -3.73. The molecule has 4 aromatic rings. The van der Waals surface area contributed by atoms with E-state index in [0.29, 0.717) is 5.56 Å². The number of aromatic nitrogens is 4. The van der Waals surface area contributed by atoms with Gasteiger partial charge in [0.15, 0.2) is 5.82 Å². The molecule has 0 bridgehead atoms. The Morgan fingerprint density at radius 2 is 1.61 bits per heavy atom. The molecule has 0 atom stereocenters. The molecule has 0 aliphatic carbocycles. The van der Waals surface area contributed by atoms with E-state index < -0.39 is 22.1 Å². The van der Waals surface area contributed by atoms with Gasteiger partial charge in [-0.05, 0) is 59.2 Å². The highest BCUT2D eigenvalue weighted by Crippen LogP contribution is 2.27. The van der Waals surface area contributed by atoms with Crippen LogP contribution >= 0.6 is 0 Å². The largest absolute Gasteiger partial charge is 0.471 e. The highest BCUT2D eigenvalue weighted by molar-refractivity contribution is 7.90. The van der Waals surface area contributed by atoms with Crippen LogP contribution in [0.1, 0.15) is 17.3 Å². The number of hydrogen-bond acceptors (Lipinski definition) is 6. The Labute approximate surface area is 174 Å². The highest BCUT2D eigenvalue weighted by Gasteiger charge is 2.38. The minimum atomic E-state index is -4.73. The predicted molar refractivity (Wildman–Crippen MR) is 105 cm³/mol. The zero-order chi connectivity index (χ0) is 22.1. The number of alkyl halides is 3. The second kappa shape index (κ2) is 7.84. The topological polar surface area (TPSA) is 90.9 Å². The van der Waals surface area contributed by atoms with Crippen molar-refractivity contribution >= 4 is 22.2 Å². The number of rotatable bonds is 5. The molecule has 0 aliphatic rings. The van der Waals surface area contributed by atoms with Gasteiger partial charge in [0, 0.05) is 24.8 Å². The Morgan fingerprint density at radius 3 is 2.26 bits per heavy atom. The molecule has 11 heteroatoms. The van der Waals surface area contributed by atoms with Crippen LogP contribution in [0.15, 0.2) is 76.7 Å². The highest BCUT2D eigenvalue weighted by atomic mass is 32.2. The average molecular weight is 446 g/mol. The van der Waals surface area contributed by atoms with E-state index in [1.54, 1.807) is 24.5 Å². The first-order valence-electron chi connectivity index (χ1n) is 8.76. The van der Waals surface area contributed by atoms with Gasteiger partial charge in [0.05, 0.1) is 4.90 Å². The van der Waals surface area contributed by atoms with E-state index >= 15 is 0 Å². The fourth-order valence-electron chi connectivity index (χ4n) is 2.71. The van der Waals surface area contributed by atoms with E-state index in [0.717, 1.165) is 15.1 Å². The lowest BCUT2D eigenvalue weighted by atomic mass is 10.1. The van der Waals surface area contributed by atoms with Gasteiger partial charge in [-0.3, -0.25) is 4.98 Å². The van der Waals surface area contributed by atoms with Gasteiger partial charge in [-0.15, -0.1) is 0 Å². The van der Waals surface area contributed by atoms with E-state index in [-0.39, 0.29) is 10.7 Å². The smallest absolute Gasteiger partial charge is 0.329 e. The number of hydrogen-bond donors (Lipinski definition) is 0. The number of pyridine rings is 1. The fraction of sp³-hybridized carbons (Fsp3) is 0.0500. The lowest BCUT2D eigenvalue weighted by Crippen LogP contribution is -2.10. The lowest BCUT2D eigenvalue weighted by Gasteiger charge is -2.07. The van der Waals surface area contributed by atoms with Crippen LogP contribution in [-0.2, 0) is 16.2 Å². The summed E-state index contributed by atoms with van der Waals surface area (Å²) in [7, 11) is -3.84. The number of nitrogens with zero attached hydrogens (tertiary/aromatic N) is 4. The molecule has 0 radical (unpaired) electrons. The van der Waals surface area contributed by atoms with Crippen molar-refractivity contribution in [2.45, 2.75) is 11.1 Å². The van der Waals surface area contributed by atoms with E-state index in [9.17, 15) is 21.6 Å². The molecule has 7 nitrogen and oxygen atoms in total. The van der Waals surface area contributed by atoms with Gasteiger partial charge in [0.1, 0.15) is 0 Å². The van der Waals surface area contributed by atoms with Crippen molar-refractivity contribution in [3.8, 4) is 11.1 Å². The maximum Gasteiger partial charge on any atom is 0.471 e. The summed E-state index contributed by atoms with van der Waals surface area (Å²) in [6.07, 6.45) is 3.79. The maximum absolute atomic E-state index is 12.8. The molecule has 0 N–H and O–H groups in total. The van der Waals surface area contributed by atoms with Crippen molar-refractivity contribution in [2.24, 2.45) is 0 Å². The quantitative estimate of drug-likeness (QED) is 0.453.